The topological polar surface area (TPSA) is 66.8 Å². The molecule has 0 amide bonds. The second-order valence-corrected chi connectivity index (χ2v) is 5.02. The number of ether oxygens (including phenoxy) is 1. The lowest BCUT2D eigenvalue weighted by atomic mass is 10.0. The summed E-state index contributed by atoms with van der Waals surface area (Å²) in [5, 5.41) is 8.55. The van der Waals surface area contributed by atoms with Crippen molar-refractivity contribution in [3.8, 4) is 0 Å². The van der Waals surface area contributed by atoms with Crippen molar-refractivity contribution in [2.24, 2.45) is 0 Å². The second kappa shape index (κ2) is 4.82. The molecule has 1 heterocycles. The molecule has 1 rings (SSSR count). The molecule has 1 atom stereocenters. The Bertz CT molecular complexity index is 282. The van der Waals surface area contributed by atoms with Crippen LogP contribution < -0.4 is 0 Å². The highest BCUT2D eigenvalue weighted by molar-refractivity contribution is 5.77. The first-order chi connectivity index (χ1) is 7.29. The van der Waals surface area contributed by atoms with Crippen LogP contribution in [0.15, 0.2) is 0 Å². The number of hydrogen-bond donors (Lipinski definition) is 1. The van der Waals surface area contributed by atoms with E-state index in [0.717, 1.165) is 13.0 Å². The summed E-state index contributed by atoms with van der Waals surface area (Å²) in [5.41, 5.74) is -0.481. The normalized spacial score (nSPS) is 21.3. The molecule has 0 radical (unpaired) electrons. The SMILES string of the molecule is CC(C)(C)OC(=O)C1CCN1CCC(=O)O. The van der Waals surface area contributed by atoms with Gasteiger partial charge in [-0.1, -0.05) is 0 Å². The van der Waals surface area contributed by atoms with Crippen LogP contribution in [0.5, 0.6) is 0 Å². The number of rotatable bonds is 4. The van der Waals surface area contributed by atoms with E-state index >= 15 is 0 Å². The van der Waals surface area contributed by atoms with E-state index in [-0.39, 0.29) is 18.4 Å². The molecular weight excluding hydrogens is 210 g/mol. The van der Waals surface area contributed by atoms with E-state index in [0.29, 0.717) is 6.54 Å². The summed E-state index contributed by atoms with van der Waals surface area (Å²) in [5.74, 6) is -1.08. The highest BCUT2D eigenvalue weighted by atomic mass is 16.6. The molecule has 92 valence electrons. The Kier molecular flexibility index (Phi) is 3.91. The van der Waals surface area contributed by atoms with E-state index < -0.39 is 11.6 Å². The number of nitrogens with zero attached hydrogens (tertiary/aromatic N) is 1. The summed E-state index contributed by atoms with van der Waals surface area (Å²) in [4.78, 5) is 23.9. The van der Waals surface area contributed by atoms with Gasteiger partial charge in [-0.25, -0.2) is 0 Å². The molecule has 1 N–H and O–H groups in total. The van der Waals surface area contributed by atoms with Gasteiger partial charge >= 0.3 is 11.9 Å². The lowest BCUT2D eigenvalue weighted by Crippen LogP contribution is -2.54. The van der Waals surface area contributed by atoms with Crippen LogP contribution in [0.3, 0.4) is 0 Å². The van der Waals surface area contributed by atoms with Crippen molar-refractivity contribution in [1.29, 1.82) is 0 Å². The zero-order valence-corrected chi connectivity index (χ0v) is 10.0. The van der Waals surface area contributed by atoms with Crippen LogP contribution >= 0.6 is 0 Å². The van der Waals surface area contributed by atoms with Crippen molar-refractivity contribution in [3.63, 3.8) is 0 Å². The van der Waals surface area contributed by atoms with Crippen LogP contribution in [-0.4, -0.2) is 46.7 Å². The van der Waals surface area contributed by atoms with E-state index in [1.54, 1.807) is 0 Å². The zero-order valence-electron chi connectivity index (χ0n) is 10.0. The van der Waals surface area contributed by atoms with Gasteiger partial charge in [0.1, 0.15) is 11.6 Å². The first-order valence-corrected chi connectivity index (χ1v) is 5.48. The summed E-state index contributed by atoms with van der Waals surface area (Å²) < 4.78 is 5.25. The maximum atomic E-state index is 11.7. The molecule has 1 aliphatic rings. The van der Waals surface area contributed by atoms with E-state index in [1.807, 2.05) is 25.7 Å². The van der Waals surface area contributed by atoms with Gasteiger partial charge < -0.3 is 9.84 Å². The largest absolute Gasteiger partial charge is 0.481 e. The van der Waals surface area contributed by atoms with Crippen LogP contribution in [0.1, 0.15) is 33.6 Å². The number of carbonyl (C=O) groups is 2. The fraction of sp³-hybridized carbons (Fsp3) is 0.818. The van der Waals surface area contributed by atoms with Gasteiger partial charge in [0, 0.05) is 13.1 Å². The summed E-state index contributed by atoms with van der Waals surface area (Å²) in [6.07, 6.45) is 0.827. The van der Waals surface area contributed by atoms with Crippen molar-refractivity contribution < 1.29 is 19.4 Å². The highest BCUT2D eigenvalue weighted by Crippen LogP contribution is 2.21. The molecule has 0 spiro atoms. The lowest BCUT2D eigenvalue weighted by Gasteiger charge is -2.39. The van der Waals surface area contributed by atoms with Crippen LogP contribution in [0.25, 0.3) is 0 Å². The first kappa shape index (κ1) is 13.0. The maximum absolute atomic E-state index is 11.7. The molecule has 0 aromatic heterocycles. The van der Waals surface area contributed by atoms with Crippen LogP contribution in [-0.2, 0) is 14.3 Å². The summed E-state index contributed by atoms with van der Waals surface area (Å²) >= 11 is 0. The molecule has 1 aliphatic heterocycles. The zero-order chi connectivity index (χ0) is 12.3. The molecule has 1 unspecified atom stereocenters. The molecule has 16 heavy (non-hydrogen) atoms. The molecular formula is C11H19NO4. The lowest BCUT2D eigenvalue weighted by molar-refractivity contribution is -0.167. The van der Waals surface area contributed by atoms with Crippen molar-refractivity contribution in [2.75, 3.05) is 13.1 Å². The molecule has 5 nitrogen and oxygen atoms in total. The Balaban J connectivity index is 2.37. The van der Waals surface area contributed by atoms with Crippen molar-refractivity contribution in [3.05, 3.63) is 0 Å². The van der Waals surface area contributed by atoms with Gasteiger partial charge in [-0.2, -0.15) is 0 Å². The van der Waals surface area contributed by atoms with Crippen molar-refractivity contribution in [1.82, 2.24) is 4.90 Å². The van der Waals surface area contributed by atoms with Crippen LogP contribution in [0, 0.1) is 0 Å². The predicted molar refractivity (Wildman–Crippen MR) is 58.1 cm³/mol. The number of esters is 1. The van der Waals surface area contributed by atoms with Gasteiger partial charge in [0.05, 0.1) is 6.42 Å². The quantitative estimate of drug-likeness (QED) is 0.725. The molecule has 0 saturated carbocycles. The standard InChI is InChI=1S/C11H19NO4/c1-11(2,3)16-10(15)8-4-6-12(8)7-5-9(13)14/h8H,4-7H2,1-3H3,(H,13,14). The Hall–Kier alpha value is -1.10. The average molecular weight is 229 g/mol. The van der Waals surface area contributed by atoms with Crippen molar-refractivity contribution >= 4 is 11.9 Å². The average Bonchev–Trinajstić information content (AvgIpc) is 1.96. The van der Waals surface area contributed by atoms with E-state index in [2.05, 4.69) is 0 Å². The molecule has 1 fully saturated rings. The molecule has 0 aliphatic carbocycles. The first-order valence-electron chi connectivity index (χ1n) is 5.48. The number of likely N-dealkylation sites (tertiary alicyclic amines) is 1. The van der Waals surface area contributed by atoms with Crippen LogP contribution in [0.2, 0.25) is 0 Å². The predicted octanol–water partition coefficient (Wildman–Crippen LogP) is 0.877. The number of carbonyl (C=O) groups excluding carboxylic acids is 1. The van der Waals surface area contributed by atoms with Gasteiger partial charge in [-0.3, -0.25) is 14.5 Å². The number of hydrogen-bond acceptors (Lipinski definition) is 4. The summed E-state index contributed by atoms with van der Waals surface area (Å²) in [6, 6.07) is -0.251. The molecule has 5 heteroatoms. The van der Waals surface area contributed by atoms with Gasteiger partial charge in [0.15, 0.2) is 0 Å². The highest BCUT2D eigenvalue weighted by Gasteiger charge is 2.36. The van der Waals surface area contributed by atoms with E-state index in [1.165, 1.54) is 0 Å². The van der Waals surface area contributed by atoms with Gasteiger partial charge in [0.25, 0.3) is 0 Å². The third-order valence-electron chi connectivity index (χ3n) is 2.42. The minimum absolute atomic E-state index is 0.0687. The Labute approximate surface area is 95.4 Å². The van der Waals surface area contributed by atoms with Crippen LogP contribution in [0.4, 0.5) is 0 Å². The minimum atomic E-state index is -0.838. The number of aliphatic carboxylic acids is 1. The smallest absolute Gasteiger partial charge is 0.323 e. The fourth-order valence-corrected chi connectivity index (χ4v) is 1.58. The molecule has 1 saturated heterocycles. The fourth-order valence-electron chi connectivity index (χ4n) is 1.58. The Morgan fingerprint density at radius 3 is 2.44 bits per heavy atom. The van der Waals surface area contributed by atoms with Gasteiger partial charge in [-0.05, 0) is 27.2 Å². The summed E-state index contributed by atoms with van der Waals surface area (Å²) in [6.45, 7) is 6.66. The number of carboxylic acids is 1. The molecule has 0 bridgehead atoms. The number of carboxylic acid groups (broad SMARTS) is 1. The van der Waals surface area contributed by atoms with Crippen molar-refractivity contribution in [2.45, 2.75) is 45.3 Å². The maximum Gasteiger partial charge on any atom is 0.323 e. The second-order valence-electron chi connectivity index (χ2n) is 5.02. The monoisotopic (exact) mass is 229 g/mol. The third kappa shape index (κ3) is 3.81. The Morgan fingerprint density at radius 1 is 1.44 bits per heavy atom. The van der Waals surface area contributed by atoms with Gasteiger partial charge in [0.2, 0.25) is 0 Å². The van der Waals surface area contributed by atoms with Gasteiger partial charge in [-0.15, -0.1) is 0 Å². The minimum Gasteiger partial charge on any atom is -0.481 e. The third-order valence-corrected chi connectivity index (χ3v) is 2.42. The van der Waals surface area contributed by atoms with E-state index in [9.17, 15) is 9.59 Å². The summed E-state index contributed by atoms with van der Waals surface area (Å²) in [7, 11) is 0. The van der Waals surface area contributed by atoms with E-state index in [4.69, 9.17) is 9.84 Å². The molecule has 0 aromatic carbocycles. The molecule has 0 aromatic rings. The Morgan fingerprint density at radius 2 is 2.06 bits per heavy atom.